The number of benzene rings is 1. The first-order chi connectivity index (χ1) is 6.75. The molecule has 0 aliphatic heterocycles. The Morgan fingerprint density at radius 1 is 1.36 bits per heavy atom. The van der Waals surface area contributed by atoms with Gasteiger partial charge in [-0.05, 0) is 18.1 Å². The lowest BCUT2D eigenvalue weighted by Gasteiger charge is -2.01. The molecule has 0 radical (unpaired) electrons. The maximum Gasteiger partial charge on any atom is 0.134 e. The topological polar surface area (TPSA) is 38.9 Å². The first kappa shape index (κ1) is 9.21. The third-order valence-electron chi connectivity index (χ3n) is 2.17. The van der Waals surface area contributed by atoms with Crippen molar-refractivity contribution in [3.63, 3.8) is 0 Å². The Morgan fingerprint density at radius 3 is 2.79 bits per heavy atom. The van der Waals surface area contributed by atoms with E-state index >= 15 is 0 Å². The SMILES string of the molecule is Cc1ccccc1Cc1nc(N)cs1. The van der Waals surface area contributed by atoms with Crippen LogP contribution in [0.4, 0.5) is 5.82 Å². The molecule has 0 fully saturated rings. The summed E-state index contributed by atoms with van der Waals surface area (Å²) in [6, 6.07) is 8.35. The number of aromatic nitrogens is 1. The molecule has 3 heteroatoms. The number of anilines is 1. The van der Waals surface area contributed by atoms with Crippen LogP contribution in [-0.4, -0.2) is 4.98 Å². The summed E-state index contributed by atoms with van der Waals surface area (Å²) in [4.78, 5) is 4.24. The molecule has 0 saturated heterocycles. The molecule has 0 spiro atoms. The molecule has 0 saturated carbocycles. The van der Waals surface area contributed by atoms with Crippen LogP contribution in [0.25, 0.3) is 0 Å². The molecular formula is C11H12N2S. The van der Waals surface area contributed by atoms with E-state index in [1.807, 2.05) is 5.38 Å². The predicted octanol–water partition coefficient (Wildman–Crippen LogP) is 2.62. The van der Waals surface area contributed by atoms with Crippen LogP contribution in [0.5, 0.6) is 0 Å². The van der Waals surface area contributed by atoms with Crippen LogP contribution in [0.15, 0.2) is 29.6 Å². The molecule has 1 aromatic carbocycles. The van der Waals surface area contributed by atoms with E-state index in [0.29, 0.717) is 5.82 Å². The van der Waals surface area contributed by atoms with Gasteiger partial charge in [-0.1, -0.05) is 24.3 Å². The highest BCUT2D eigenvalue weighted by Crippen LogP contribution is 2.17. The van der Waals surface area contributed by atoms with Crippen molar-refractivity contribution in [2.45, 2.75) is 13.3 Å². The standard InChI is InChI=1S/C11H12N2S/c1-8-4-2-3-5-9(8)6-11-13-10(12)7-14-11/h2-5,7H,6,12H2,1H3. The zero-order valence-electron chi connectivity index (χ0n) is 8.03. The van der Waals surface area contributed by atoms with E-state index in [9.17, 15) is 0 Å². The number of hydrogen-bond acceptors (Lipinski definition) is 3. The fourth-order valence-corrected chi connectivity index (χ4v) is 2.08. The van der Waals surface area contributed by atoms with Crippen LogP contribution in [-0.2, 0) is 6.42 Å². The molecule has 2 N–H and O–H groups in total. The summed E-state index contributed by atoms with van der Waals surface area (Å²) in [7, 11) is 0. The average molecular weight is 204 g/mol. The molecule has 2 rings (SSSR count). The van der Waals surface area contributed by atoms with E-state index < -0.39 is 0 Å². The largest absolute Gasteiger partial charge is 0.383 e. The number of nitrogens with zero attached hydrogens (tertiary/aromatic N) is 1. The fourth-order valence-electron chi connectivity index (χ4n) is 1.38. The van der Waals surface area contributed by atoms with Crippen molar-refractivity contribution in [1.82, 2.24) is 4.98 Å². The summed E-state index contributed by atoms with van der Waals surface area (Å²) < 4.78 is 0. The molecule has 0 aliphatic carbocycles. The minimum Gasteiger partial charge on any atom is -0.383 e. The highest BCUT2D eigenvalue weighted by atomic mass is 32.1. The third-order valence-corrected chi connectivity index (χ3v) is 3.04. The van der Waals surface area contributed by atoms with Crippen molar-refractivity contribution in [3.05, 3.63) is 45.8 Å². The van der Waals surface area contributed by atoms with E-state index in [2.05, 4.69) is 36.2 Å². The highest BCUT2D eigenvalue weighted by Gasteiger charge is 2.02. The van der Waals surface area contributed by atoms with Gasteiger partial charge in [0, 0.05) is 11.8 Å². The molecular weight excluding hydrogens is 192 g/mol. The van der Waals surface area contributed by atoms with E-state index in [0.717, 1.165) is 11.4 Å². The van der Waals surface area contributed by atoms with Gasteiger partial charge in [0.2, 0.25) is 0 Å². The third kappa shape index (κ3) is 1.93. The van der Waals surface area contributed by atoms with Crippen molar-refractivity contribution < 1.29 is 0 Å². The number of nitrogen functional groups attached to an aromatic ring is 1. The van der Waals surface area contributed by atoms with Gasteiger partial charge in [-0.2, -0.15) is 0 Å². The van der Waals surface area contributed by atoms with Gasteiger partial charge in [0.25, 0.3) is 0 Å². The molecule has 0 unspecified atom stereocenters. The van der Waals surface area contributed by atoms with Crippen LogP contribution in [0, 0.1) is 6.92 Å². The molecule has 0 atom stereocenters. The summed E-state index contributed by atoms with van der Waals surface area (Å²) >= 11 is 1.62. The lowest BCUT2D eigenvalue weighted by Crippen LogP contribution is -1.91. The summed E-state index contributed by atoms with van der Waals surface area (Å²) in [5.41, 5.74) is 8.20. The summed E-state index contributed by atoms with van der Waals surface area (Å²) in [5.74, 6) is 0.624. The van der Waals surface area contributed by atoms with Gasteiger partial charge < -0.3 is 5.73 Å². The van der Waals surface area contributed by atoms with Crippen molar-refractivity contribution in [3.8, 4) is 0 Å². The Morgan fingerprint density at radius 2 is 2.14 bits per heavy atom. The summed E-state index contributed by atoms with van der Waals surface area (Å²) in [5, 5.41) is 2.96. The Balaban J connectivity index is 2.23. The summed E-state index contributed by atoms with van der Waals surface area (Å²) in [6.45, 7) is 2.12. The fraction of sp³-hybridized carbons (Fsp3) is 0.182. The molecule has 1 aromatic heterocycles. The Labute approximate surface area is 87.4 Å². The van der Waals surface area contributed by atoms with Crippen LogP contribution >= 0.6 is 11.3 Å². The van der Waals surface area contributed by atoms with Gasteiger partial charge in [0.1, 0.15) is 5.82 Å². The van der Waals surface area contributed by atoms with E-state index in [1.54, 1.807) is 11.3 Å². The number of hydrogen-bond donors (Lipinski definition) is 1. The van der Waals surface area contributed by atoms with Crippen molar-refractivity contribution in [2.75, 3.05) is 5.73 Å². The van der Waals surface area contributed by atoms with Crippen molar-refractivity contribution >= 4 is 17.2 Å². The minimum atomic E-state index is 0.624. The lowest BCUT2D eigenvalue weighted by atomic mass is 10.1. The van der Waals surface area contributed by atoms with Gasteiger partial charge in [0.15, 0.2) is 0 Å². The van der Waals surface area contributed by atoms with Crippen molar-refractivity contribution in [1.29, 1.82) is 0 Å². The van der Waals surface area contributed by atoms with Crippen LogP contribution in [0.1, 0.15) is 16.1 Å². The molecule has 72 valence electrons. The second-order valence-corrected chi connectivity index (χ2v) is 4.21. The highest BCUT2D eigenvalue weighted by molar-refractivity contribution is 7.10. The first-order valence-corrected chi connectivity index (χ1v) is 5.38. The maximum atomic E-state index is 5.57. The first-order valence-electron chi connectivity index (χ1n) is 4.50. The maximum absolute atomic E-state index is 5.57. The smallest absolute Gasteiger partial charge is 0.134 e. The van der Waals surface area contributed by atoms with Gasteiger partial charge >= 0.3 is 0 Å². The molecule has 1 heterocycles. The number of aryl methyl sites for hydroxylation is 1. The van der Waals surface area contributed by atoms with Gasteiger partial charge in [-0.25, -0.2) is 4.98 Å². The van der Waals surface area contributed by atoms with Crippen LogP contribution in [0.3, 0.4) is 0 Å². The molecule has 0 aliphatic rings. The summed E-state index contributed by atoms with van der Waals surface area (Å²) in [6.07, 6.45) is 0.883. The molecule has 2 nitrogen and oxygen atoms in total. The number of nitrogens with two attached hydrogens (primary N) is 1. The Kier molecular flexibility index (Phi) is 2.50. The van der Waals surface area contributed by atoms with Crippen molar-refractivity contribution in [2.24, 2.45) is 0 Å². The van der Waals surface area contributed by atoms with Gasteiger partial charge in [-0.3, -0.25) is 0 Å². The molecule has 2 aromatic rings. The molecule has 0 amide bonds. The van der Waals surface area contributed by atoms with Gasteiger partial charge in [-0.15, -0.1) is 11.3 Å². The van der Waals surface area contributed by atoms with Crippen LogP contribution < -0.4 is 5.73 Å². The second kappa shape index (κ2) is 3.80. The normalized spacial score (nSPS) is 10.4. The second-order valence-electron chi connectivity index (χ2n) is 3.27. The van der Waals surface area contributed by atoms with E-state index in [-0.39, 0.29) is 0 Å². The quantitative estimate of drug-likeness (QED) is 0.816. The Bertz CT molecular complexity index is 434. The monoisotopic (exact) mass is 204 g/mol. The Hall–Kier alpha value is -1.35. The van der Waals surface area contributed by atoms with Crippen LogP contribution in [0.2, 0.25) is 0 Å². The number of rotatable bonds is 2. The zero-order chi connectivity index (χ0) is 9.97. The van der Waals surface area contributed by atoms with Gasteiger partial charge in [0.05, 0.1) is 5.01 Å². The van der Waals surface area contributed by atoms with E-state index in [1.165, 1.54) is 11.1 Å². The lowest BCUT2D eigenvalue weighted by molar-refractivity contribution is 1.12. The molecule has 14 heavy (non-hydrogen) atoms. The zero-order valence-corrected chi connectivity index (χ0v) is 8.84. The average Bonchev–Trinajstić information content (AvgIpc) is 2.56. The number of thiazole rings is 1. The predicted molar refractivity (Wildman–Crippen MR) is 60.5 cm³/mol. The minimum absolute atomic E-state index is 0.624. The molecule has 0 bridgehead atoms. The van der Waals surface area contributed by atoms with E-state index in [4.69, 9.17) is 5.73 Å².